The Balaban J connectivity index is 1.99. The molecule has 3 rings (SSSR count). The standard InChI is InChI=1S/C18H27N3/c1-12(2)21-17-9-4-13(3)10-16(17)20-18(21)15-7-5-14(11-19)6-8-15/h4,9-10,12,14-15H,5-8,11,19H2,1-3H3. The molecule has 0 radical (unpaired) electrons. The second-order valence-electron chi connectivity index (χ2n) is 6.88. The lowest BCUT2D eigenvalue weighted by Crippen LogP contribution is -2.22. The zero-order valence-electron chi connectivity index (χ0n) is 13.5. The van der Waals surface area contributed by atoms with Crippen molar-refractivity contribution in [1.29, 1.82) is 0 Å². The zero-order chi connectivity index (χ0) is 15.0. The molecule has 0 spiro atoms. The van der Waals surface area contributed by atoms with Crippen LogP contribution in [0.2, 0.25) is 0 Å². The van der Waals surface area contributed by atoms with Crippen molar-refractivity contribution in [2.45, 2.75) is 58.4 Å². The Morgan fingerprint density at radius 1 is 1.24 bits per heavy atom. The van der Waals surface area contributed by atoms with Gasteiger partial charge in [0.25, 0.3) is 0 Å². The molecule has 0 atom stereocenters. The van der Waals surface area contributed by atoms with E-state index in [0.717, 1.165) is 18.0 Å². The first kappa shape index (κ1) is 14.6. The van der Waals surface area contributed by atoms with Crippen molar-refractivity contribution in [2.75, 3.05) is 6.54 Å². The molecular weight excluding hydrogens is 258 g/mol. The Morgan fingerprint density at radius 3 is 2.57 bits per heavy atom. The van der Waals surface area contributed by atoms with Gasteiger partial charge in [-0.3, -0.25) is 0 Å². The van der Waals surface area contributed by atoms with Gasteiger partial charge in [0.05, 0.1) is 11.0 Å². The average molecular weight is 285 g/mol. The zero-order valence-corrected chi connectivity index (χ0v) is 13.5. The van der Waals surface area contributed by atoms with Crippen molar-refractivity contribution in [3.05, 3.63) is 29.6 Å². The summed E-state index contributed by atoms with van der Waals surface area (Å²) in [6, 6.07) is 7.09. The number of fused-ring (bicyclic) bond motifs is 1. The van der Waals surface area contributed by atoms with Crippen molar-refractivity contribution >= 4 is 11.0 Å². The highest BCUT2D eigenvalue weighted by molar-refractivity contribution is 5.77. The van der Waals surface area contributed by atoms with Crippen LogP contribution in [0.3, 0.4) is 0 Å². The highest BCUT2D eigenvalue weighted by atomic mass is 15.1. The van der Waals surface area contributed by atoms with Gasteiger partial charge >= 0.3 is 0 Å². The van der Waals surface area contributed by atoms with E-state index < -0.39 is 0 Å². The maximum atomic E-state index is 5.82. The summed E-state index contributed by atoms with van der Waals surface area (Å²) in [6.07, 6.45) is 4.97. The summed E-state index contributed by atoms with van der Waals surface area (Å²) in [4.78, 5) is 5.00. The molecule has 21 heavy (non-hydrogen) atoms. The maximum absolute atomic E-state index is 5.82. The fourth-order valence-electron chi connectivity index (χ4n) is 3.71. The van der Waals surface area contributed by atoms with E-state index in [1.807, 2.05) is 0 Å². The number of hydrogen-bond donors (Lipinski definition) is 1. The van der Waals surface area contributed by atoms with E-state index in [0.29, 0.717) is 12.0 Å². The molecule has 2 N–H and O–H groups in total. The van der Waals surface area contributed by atoms with E-state index in [4.69, 9.17) is 10.7 Å². The number of hydrogen-bond acceptors (Lipinski definition) is 2. The monoisotopic (exact) mass is 285 g/mol. The van der Waals surface area contributed by atoms with Crippen molar-refractivity contribution in [3.8, 4) is 0 Å². The third-order valence-corrected chi connectivity index (χ3v) is 4.93. The second-order valence-corrected chi connectivity index (χ2v) is 6.88. The molecular formula is C18H27N3. The molecule has 0 aliphatic heterocycles. The van der Waals surface area contributed by atoms with Gasteiger partial charge < -0.3 is 10.3 Å². The number of rotatable bonds is 3. The van der Waals surface area contributed by atoms with E-state index in [9.17, 15) is 0 Å². The van der Waals surface area contributed by atoms with Crippen LogP contribution in [0.1, 0.15) is 62.9 Å². The summed E-state index contributed by atoms with van der Waals surface area (Å²) in [7, 11) is 0. The summed E-state index contributed by atoms with van der Waals surface area (Å²) in [5.41, 5.74) is 9.55. The van der Waals surface area contributed by atoms with E-state index in [-0.39, 0.29) is 0 Å². The van der Waals surface area contributed by atoms with Crippen molar-refractivity contribution in [3.63, 3.8) is 0 Å². The molecule has 0 unspecified atom stereocenters. The van der Waals surface area contributed by atoms with E-state index in [1.165, 1.54) is 42.6 Å². The van der Waals surface area contributed by atoms with Gasteiger partial charge in [0, 0.05) is 12.0 Å². The molecule has 3 heteroatoms. The van der Waals surface area contributed by atoms with E-state index >= 15 is 0 Å². The van der Waals surface area contributed by atoms with Crippen LogP contribution in [-0.2, 0) is 0 Å². The Labute approximate surface area is 127 Å². The van der Waals surface area contributed by atoms with Gasteiger partial charge in [0.15, 0.2) is 0 Å². The molecule has 0 bridgehead atoms. The Morgan fingerprint density at radius 2 is 1.95 bits per heavy atom. The van der Waals surface area contributed by atoms with Crippen LogP contribution in [0, 0.1) is 12.8 Å². The molecule has 1 aromatic carbocycles. The van der Waals surface area contributed by atoms with Crippen molar-refractivity contribution < 1.29 is 0 Å². The van der Waals surface area contributed by atoms with Crippen LogP contribution in [0.15, 0.2) is 18.2 Å². The second kappa shape index (κ2) is 5.80. The van der Waals surface area contributed by atoms with Gasteiger partial charge in [-0.1, -0.05) is 6.07 Å². The molecule has 114 valence electrons. The molecule has 0 saturated heterocycles. The Kier molecular flexibility index (Phi) is 4.03. The van der Waals surface area contributed by atoms with Crippen LogP contribution in [-0.4, -0.2) is 16.1 Å². The minimum Gasteiger partial charge on any atom is -0.330 e. The first-order valence-electron chi connectivity index (χ1n) is 8.28. The minimum atomic E-state index is 0.458. The quantitative estimate of drug-likeness (QED) is 0.920. The molecule has 1 aliphatic rings. The molecule has 3 nitrogen and oxygen atoms in total. The SMILES string of the molecule is Cc1ccc2c(c1)nc(C1CCC(CN)CC1)n2C(C)C. The van der Waals surface area contributed by atoms with E-state index in [2.05, 4.69) is 43.5 Å². The van der Waals surface area contributed by atoms with Gasteiger partial charge in [0.2, 0.25) is 0 Å². The third-order valence-electron chi connectivity index (χ3n) is 4.93. The third kappa shape index (κ3) is 2.71. The highest BCUT2D eigenvalue weighted by Crippen LogP contribution is 2.37. The number of nitrogens with zero attached hydrogens (tertiary/aromatic N) is 2. The smallest absolute Gasteiger partial charge is 0.113 e. The van der Waals surface area contributed by atoms with Crippen LogP contribution in [0.5, 0.6) is 0 Å². The van der Waals surface area contributed by atoms with Crippen LogP contribution in [0.4, 0.5) is 0 Å². The van der Waals surface area contributed by atoms with Crippen molar-refractivity contribution in [2.24, 2.45) is 11.7 Å². The molecule has 0 amide bonds. The van der Waals surface area contributed by atoms with Gasteiger partial charge in [-0.25, -0.2) is 4.98 Å². The topological polar surface area (TPSA) is 43.8 Å². The van der Waals surface area contributed by atoms with Crippen LogP contribution >= 0.6 is 0 Å². The van der Waals surface area contributed by atoms with Gasteiger partial charge in [-0.05, 0) is 76.6 Å². The van der Waals surface area contributed by atoms with Gasteiger partial charge in [-0.2, -0.15) is 0 Å². The molecule has 1 heterocycles. The average Bonchev–Trinajstić information content (AvgIpc) is 2.85. The van der Waals surface area contributed by atoms with Crippen LogP contribution < -0.4 is 5.73 Å². The number of aromatic nitrogens is 2. The normalized spacial score (nSPS) is 23.1. The lowest BCUT2D eigenvalue weighted by Gasteiger charge is -2.28. The fourth-order valence-corrected chi connectivity index (χ4v) is 3.71. The lowest BCUT2D eigenvalue weighted by molar-refractivity contribution is 0.318. The summed E-state index contributed by atoms with van der Waals surface area (Å²) in [6.45, 7) is 7.50. The lowest BCUT2D eigenvalue weighted by atomic mass is 9.81. The number of nitrogens with two attached hydrogens (primary N) is 1. The molecule has 2 aromatic rings. The molecule has 1 aromatic heterocycles. The first-order chi connectivity index (χ1) is 10.1. The number of benzene rings is 1. The summed E-state index contributed by atoms with van der Waals surface area (Å²) < 4.78 is 2.45. The summed E-state index contributed by atoms with van der Waals surface area (Å²) in [5.74, 6) is 2.62. The van der Waals surface area contributed by atoms with Crippen molar-refractivity contribution in [1.82, 2.24) is 9.55 Å². The van der Waals surface area contributed by atoms with Gasteiger partial charge in [0.1, 0.15) is 5.82 Å². The Bertz CT molecular complexity index is 619. The maximum Gasteiger partial charge on any atom is 0.113 e. The summed E-state index contributed by atoms with van der Waals surface area (Å²) >= 11 is 0. The first-order valence-corrected chi connectivity index (χ1v) is 8.28. The Hall–Kier alpha value is -1.35. The summed E-state index contributed by atoms with van der Waals surface area (Å²) in [5, 5.41) is 0. The molecule has 1 saturated carbocycles. The number of imidazole rings is 1. The predicted octanol–water partition coefficient (Wildman–Crippen LogP) is 4.16. The largest absolute Gasteiger partial charge is 0.330 e. The molecule has 1 fully saturated rings. The predicted molar refractivity (Wildman–Crippen MR) is 88.6 cm³/mol. The molecule has 1 aliphatic carbocycles. The van der Waals surface area contributed by atoms with Crippen LogP contribution in [0.25, 0.3) is 11.0 Å². The fraction of sp³-hybridized carbons (Fsp3) is 0.611. The van der Waals surface area contributed by atoms with Gasteiger partial charge in [-0.15, -0.1) is 0 Å². The number of aryl methyl sites for hydroxylation is 1. The minimum absolute atomic E-state index is 0.458. The van der Waals surface area contributed by atoms with E-state index in [1.54, 1.807) is 0 Å². The highest BCUT2D eigenvalue weighted by Gasteiger charge is 2.26.